The van der Waals surface area contributed by atoms with E-state index in [9.17, 15) is 14.9 Å². The van der Waals surface area contributed by atoms with Crippen molar-refractivity contribution < 1.29 is 9.72 Å². The minimum atomic E-state index is -0.619. The minimum Gasteiger partial charge on any atom is -0.385 e. The number of rotatable bonds is 5. The maximum absolute atomic E-state index is 10.9. The maximum Gasteiger partial charge on any atom is 0.295 e. The van der Waals surface area contributed by atoms with Crippen molar-refractivity contribution in [2.75, 3.05) is 5.43 Å². The standard InChI is InChI=1S/C9H11ClN6O3/c10-5-1-2-6(7(3-5)16(18)19)14-15-8(11)4-9(17)13-12/h1-3,14H,4,12H2,(H2,11,15)(H,13,17). The van der Waals surface area contributed by atoms with Crippen LogP contribution in [0.4, 0.5) is 11.4 Å². The minimum absolute atomic E-state index is 0.0767. The third-order valence-corrected chi connectivity index (χ3v) is 2.21. The van der Waals surface area contributed by atoms with E-state index in [2.05, 4.69) is 10.5 Å². The summed E-state index contributed by atoms with van der Waals surface area (Å²) >= 11 is 5.65. The summed E-state index contributed by atoms with van der Waals surface area (Å²) in [7, 11) is 0. The van der Waals surface area contributed by atoms with Gasteiger partial charge in [-0.2, -0.15) is 5.10 Å². The van der Waals surface area contributed by atoms with Crippen LogP contribution in [0.3, 0.4) is 0 Å². The summed E-state index contributed by atoms with van der Waals surface area (Å²) in [6.07, 6.45) is -0.231. The number of hydrazine groups is 1. The Balaban J connectivity index is 2.85. The highest BCUT2D eigenvalue weighted by Gasteiger charge is 2.14. The highest BCUT2D eigenvalue weighted by molar-refractivity contribution is 6.30. The number of carbonyl (C=O) groups excluding carboxylic acids is 1. The molecule has 0 bridgehead atoms. The molecule has 0 heterocycles. The Hall–Kier alpha value is -2.39. The Bertz CT molecular complexity index is 533. The number of carbonyl (C=O) groups is 1. The van der Waals surface area contributed by atoms with Crippen LogP contribution < -0.4 is 22.4 Å². The predicted molar refractivity (Wildman–Crippen MR) is 70.3 cm³/mol. The Morgan fingerprint density at radius 3 is 2.79 bits per heavy atom. The predicted octanol–water partition coefficient (Wildman–Crippen LogP) is 0.312. The van der Waals surface area contributed by atoms with Crippen molar-refractivity contribution in [3.8, 4) is 0 Å². The van der Waals surface area contributed by atoms with Gasteiger partial charge in [-0.15, -0.1) is 0 Å². The SMILES string of the molecule is NNC(=O)C/C(N)=N\Nc1ccc(Cl)cc1[N+](=O)[O-]. The molecule has 0 aliphatic carbocycles. The quantitative estimate of drug-likeness (QED) is 0.153. The summed E-state index contributed by atoms with van der Waals surface area (Å²) < 4.78 is 0. The van der Waals surface area contributed by atoms with Crippen LogP contribution in [0, 0.1) is 10.1 Å². The van der Waals surface area contributed by atoms with Crippen molar-refractivity contribution in [1.29, 1.82) is 0 Å². The van der Waals surface area contributed by atoms with Crippen LogP contribution >= 0.6 is 11.6 Å². The lowest BCUT2D eigenvalue weighted by molar-refractivity contribution is -0.383. The van der Waals surface area contributed by atoms with E-state index in [-0.39, 0.29) is 28.7 Å². The number of anilines is 1. The zero-order chi connectivity index (χ0) is 14.4. The largest absolute Gasteiger partial charge is 0.385 e. The number of hydrogen-bond donors (Lipinski definition) is 4. The van der Waals surface area contributed by atoms with Gasteiger partial charge in [0.15, 0.2) is 0 Å². The maximum atomic E-state index is 10.9. The molecule has 0 atom stereocenters. The molecule has 0 unspecified atom stereocenters. The van der Waals surface area contributed by atoms with Gasteiger partial charge in [0.05, 0.1) is 11.3 Å². The van der Waals surface area contributed by atoms with E-state index < -0.39 is 10.8 Å². The molecule has 1 rings (SSSR count). The van der Waals surface area contributed by atoms with E-state index in [0.29, 0.717) is 0 Å². The number of hydrazone groups is 1. The highest BCUT2D eigenvalue weighted by Crippen LogP contribution is 2.27. The average molecular weight is 287 g/mol. The number of amidine groups is 1. The number of nitro groups is 1. The highest BCUT2D eigenvalue weighted by atomic mass is 35.5. The number of nitro benzene ring substituents is 1. The fourth-order valence-electron chi connectivity index (χ4n) is 1.14. The number of halogens is 1. The van der Waals surface area contributed by atoms with E-state index in [0.717, 1.165) is 0 Å². The first-order valence-electron chi connectivity index (χ1n) is 4.95. The Morgan fingerprint density at radius 1 is 1.53 bits per heavy atom. The molecule has 1 amide bonds. The number of amides is 1. The molecule has 0 aliphatic rings. The zero-order valence-electron chi connectivity index (χ0n) is 9.59. The molecule has 9 nitrogen and oxygen atoms in total. The second kappa shape index (κ2) is 6.52. The molecule has 102 valence electrons. The summed E-state index contributed by atoms with van der Waals surface area (Å²) in [5.74, 6) is 4.26. The van der Waals surface area contributed by atoms with Crippen molar-refractivity contribution in [3.63, 3.8) is 0 Å². The topological polar surface area (TPSA) is 149 Å². The number of benzene rings is 1. The van der Waals surface area contributed by atoms with Crippen molar-refractivity contribution in [2.45, 2.75) is 6.42 Å². The first kappa shape index (κ1) is 14.7. The van der Waals surface area contributed by atoms with Gasteiger partial charge in [-0.3, -0.25) is 25.8 Å². The summed E-state index contributed by atoms with van der Waals surface area (Å²) in [4.78, 5) is 21.1. The first-order valence-corrected chi connectivity index (χ1v) is 5.33. The van der Waals surface area contributed by atoms with Gasteiger partial charge in [-0.1, -0.05) is 11.6 Å². The normalized spacial score (nSPS) is 10.9. The smallest absolute Gasteiger partial charge is 0.295 e. The van der Waals surface area contributed by atoms with E-state index in [1.54, 1.807) is 0 Å². The Morgan fingerprint density at radius 2 is 2.21 bits per heavy atom. The second-order valence-electron chi connectivity index (χ2n) is 3.38. The van der Waals surface area contributed by atoms with Gasteiger partial charge in [0.1, 0.15) is 11.5 Å². The van der Waals surface area contributed by atoms with Crippen LogP contribution in [0.1, 0.15) is 6.42 Å². The van der Waals surface area contributed by atoms with Crippen LogP contribution in [-0.2, 0) is 4.79 Å². The summed E-state index contributed by atoms with van der Waals surface area (Å²) in [5.41, 5.74) is 9.55. The molecule has 0 fully saturated rings. The first-order chi connectivity index (χ1) is 8.93. The van der Waals surface area contributed by atoms with Crippen LogP contribution in [0.15, 0.2) is 23.3 Å². The lowest BCUT2D eigenvalue weighted by atomic mass is 10.3. The third kappa shape index (κ3) is 4.41. The zero-order valence-corrected chi connectivity index (χ0v) is 10.3. The van der Waals surface area contributed by atoms with Crippen LogP contribution in [0.5, 0.6) is 0 Å². The monoisotopic (exact) mass is 286 g/mol. The number of nitrogens with two attached hydrogens (primary N) is 2. The van der Waals surface area contributed by atoms with Gasteiger partial charge in [0.2, 0.25) is 5.91 Å². The molecule has 6 N–H and O–H groups in total. The van der Waals surface area contributed by atoms with Gasteiger partial charge in [-0.25, -0.2) is 5.84 Å². The Labute approximate surface area is 112 Å². The van der Waals surface area contributed by atoms with Gasteiger partial charge >= 0.3 is 0 Å². The van der Waals surface area contributed by atoms with E-state index in [4.69, 9.17) is 23.2 Å². The summed E-state index contributed by atoms with van der Waals surface area (Å²) in [6, 6.07) is 4.00. The molecule has 0 saturated carbocycles. The van der Waals surface area contributed by atoms with Crippen molar-refractivity contribution in [1.82, 2.24) is 5.43 Å². The van der Waals surface area contributed by atoms with Gasteiger partial charge in [-0.05, 0) is 12.1 Å². The van der Waals surface area contributed by atoms with E-state index in [1.807, 2.05) is 5.43 Å². The lowest BCUT2D eigenvalue weighted by Crippen LogP contribution is -2.33. The Kier molecular flexibility index (Phi) is 5.03. The molecule has 0 aliphatic heterocycles. The molecule has 1 aromatic carbocycles. The van der Waals surface area contributed by atoms with Gasteiger partial charge in [0, 0.05) is 11.1 Å². The van der Waals surface area contributed by atoms with Crippen molar-refractivity contribution >= 4 is 34.7 Å². The summed E-state index contributed by atoms with van der Waals surface area (Å²) in [5, 5.41) is 14.6. The molecule has 0 aromatic heterocycles. The molecule has 1 aromatic rings. The van der Waals surface area contributed by atoms with Crippen LogP contribution in [0.25, 0.3) is 0 Å². The average Bonchev–Trinajstić information content (AvgIpc) is 2.36. The van der Waals surface area contributed by atoms with Gasteiger partial charge < -0.3 is 5.73 Å². The molecule has 0 spiro atoms. The molecule has 19 heavy (non-hydrogen) atoms. The van der Waals surface area contributed by atoms with E-state index >= 15 is 0 Å². The number of hydrogen-bond acceptors (Lipinski definition) is 6. The molecule has 0 radical (unpaired) electrons. The molecular formula is C9H11ClN6O3. The van der Waals surface area contributed by atoms with E-state index in [1.165, 1.54) is 18.2 Å². The fraction of sp³-hybridized carbons (Fsp3) is 0.111. The number of nitrogens with zero attached hydrogens (tertiary/aromatic N) is 2. The van der Waals surface area contributed by atoms with Crippen molar-refractivity contribution in [3.05, 3.63) is 33.3 Å². The second-order valence-corrected chi connectivity index (χ2v) is 3.81. The molecule has 0 saturated heterocycles. The van der Waals surface area contributed by atoms with Gasteiger partial charge in [0.25, 0.3) is 5.69 Å². The summed E-state index contributed by atoms with van der Waals surface area (Å²) in [6.45, 7) is 0. The van der Waals surface area contributed by atoms with Crippen molar-refractivity contribution in [2.24, 2.45) is 16.7 Å². The lowest BCUT2D eigenvalue weighted by Gasteiger charge is -2.04. The molecular weight excluding hydrogens is 276 g/mol. The van der Waals surface area contributed by atoms with Crippen LogP contribution in [0.2, 0.25) is 5.02 Å². The third-order valence-electron chi connectivity index (χ3n) is 1.98. The fourth-order valence-corrected chi connectivity index (χ4v) is 1.30. The van der Waals surface area contributed by atoms with Crippen LogP contribution in [-0.4, -0.2) is 16.7 Å². The molecule has 10 heteroatoms. The number of nitrogens with one attached hydrogen (secondary N) is 2.